The Balaban J connectivity index is 1.68. The molecule has 0 radical (unpaired) electrons. The lowest BCUT2D eigenvalue weighted by Crippen LogP contribution is -2.15. The number of aromatic nitrogens is 3. The van der Waals surface area contributed by atoms with Crippen LogP contribution >= 0.6 is 11.8 Å². The molecule has 9 heteroatoms. The van der Waals surface area contributed by atoms with E-state index in [0.717, 1.165) is 17.1 Å². The summed E-state index contributed by atoms with van der Waals surface area (Å²) in [6.45, 7) is 2.70. The molecule has 0 bridgehead atoms. The number of carbonyl (C=O) groups is 1. The molecule has 0 saturated carbocycles. The van der Waals surface area contributed by atoms with Crippen molar-refractivity contribution < 1.29 is 19.0 Å². The fourth-order valence-electron chi connectivity index (χ4n) is 2.85. The molecular weight excluding hydrogens is 404 g/mol. The Morgan fingerprint density at radius 1 is 1.00 bits per heavy atom. The third-order valence-electron chi connectivity index (χ3n) is 4.40. The van der Waals surface area contributed by atoms with Crippen LogP contribution in [0.4, 0.5) is 5.69 Å². The number of hydrogen-bond acceptors (Lipinski definition) is 7. The Kier molecular flexibility index (Phi) is 7.18. The Bertz CT molecular complexity index is 1000. The fourth-order valence-corrected chi connectivity index (χ4v) is 3.65. The zero-order valence-corrected chi connectivity index (χ0v) is 18.2. The second-order valence-corrected chi connectivity index (χ2v) is 7.12. The number of nitrogens with one attached hydrogen (secondary N) is 1. The van der Waals surface area contributed by atoms with Crippen molar-refractivity contribution in [1.82, 2.24) is 14.8 Å². The summed E-state index contributed by atoms with van der Waals surface area (Å²) in [6.07, 6.45) is 0. The Labute approximate surface area is 179 Å². The summed E-state index contributed by atoms with van der Waals surface area (Å²) >= 11 is 1.33. The molecule has 30 heavy (non-hydrogen) atoms. The summed E-state index contributed by atoms with van der Waals surface area (Å²) in [5.74, 6) is 2.74. The molecule has 0 saturated heterocycles. The van der Waals surface area contributed by atoms with E-state index < -0.39 is 0 Å². The number of methoxy groups -OCH3 is 3. The molecule has 1 N–H and O–H groups in total. The van der Waals surface area contributed by atoms with Gasteiger partial charge in [-0.2, -0.15) is 0 Å². The fraction of sp³-hybridized carbons (Fsp3) is 0.286. The molecule has 1 heterocycles. The lowest BCUT2D eigenvalue weighted by molar-refractivity contribution is -0.113. The average molecular weight is 429 g/mol. The van der Waals surface area contributed by atoms with Gasteiger partial charge in [0.1, 0.15) is 17.2 Å². The molecule has 1 amide bonds. The topological polar surface area (TPSA) is 87.5 Å². The number of rotatable bonds is 9. The first-order chi connectivity index (χ1) is 14.6. The summed E-state index contributed by atoms with van der Waals surface area (Å²) in [6, 6.07) is 12.9. The Morgan fingerprint density at radius 3 is 2.33 bits per heavy atom. The predicted octanol–water partition coefficient (Wildman–Crippen LogP) is 3.72. The molecule has 0 aliphatic rings. The minimum absolute atomic E-state index is 0.167. The third-order valence-corrected chi connectivity index (χ3v) is 5.36. The van der Waals surface area contributed by atoms with Crippen LogP contribution in [0, 0.1) is 0 Å². The monoisotopic (exact) mass is 428 g/mol. The average Bonchev–Trinajstić information content (AvgIpc) is 3.20. The summed E-state index contributed by atoms with van der Waals surface area (Å²) < 4.78 is 17.7. The molecule has 2 aromatic carbocycles. The summed E-state index contributed by atoms with van der Waals surface area (Å²) in [4.78, 5) is 12.5. The summed E-state index contributed by atoms with van der Waals surface area (Å²) in [5.41, 5.74) is 1.52. The van der Waals surface area contributed by atoms with Gasteiger partial charge in [-0.3, -0.25) is 4.79 Å². The lowest BCUT2D eigenvalue weighted by Gasteiger charge is -2.11. The van der Waals surface area contributed by atoms with Crippen molar-refractivity contribution >= 4 is 23.4 Å². The second-order valence-electron chi connectivity index (χ2n) is 6.18. The van der Waals surface area contributed by atoms with Crippen molar-refractivity contribution in [1.29, 1.82) is 0 Å². The quantitative estimate of drug-likeness (QED) is 0.520. The first-order valence-electron chi connectivity index (χ1n) is 9.31. The summed E-state index contributed by atoms with van der Waals surface area (Å²) in [5, 5.41) is 12.1. The minimum atomic E-state index is -0.167. The van der Waals surface area contributed by atoms with Crippen LogP contribution in [0.15, 0.2) is 47.6 Å². The normalized spacial score (nSPS) is 10.5. The number of thioether (sulfide) groups is 1. The molecule has 0 aliphatic heterocycles. The molecule has 0 spiro atoms. The number of nitrogens with zero attached hydrogens (tertiary/aromatic N) is 3. The zero-order chi connectivity index (χ0) is 21.5. The van der Waals surface area contributed by atoms with E-state index in [4.69, 9.17) is 14.2 Å². The van der Waals surface area contributed by atoms with E-state index in [0.29, 0.717) is 28.9 Å². The van der Waals surface area contributed by atoms with Crippen LogP contribution < -0.4 is 19.5 Å². The van der Waals surface area contributed by atoms with Crippen LogP contribution in [-0.4, -0.2) is 47.8 Å². The van der Waals surface area contributed by atoms with Crippen LogP contribution in [0.5, 0.6) is 17.2 Å². The first kappa shape index (κ1) is 21.5. The molecule has 0 aliphatic carbocycles. The van der Waals surface area contributed by atoms with E-state index >= 15 is 0 Å². The number of hydrogen-bond donors (Lipinski definition) is 1. The maximum Gasteiger partial charge on any atom is 0.234 e. The number of amides is 1. The van der Waals surface area contributed by atoms with Crippen molar-refractivity contribution in [3.8, 4) is 28.6 Å². The highest BCUT2D eigenvalue weighted by atomic mass is 32.2. The van der Waals surface area contributed by atoms with Gasteiger partial charge in [-0.05, 0) is 43.3 Å². The van der Waals surface area contributed by atoms with E-state index in [1.807, 2.05) is 35.8 Å². The van der Waals surface area contributed by atoms with E-state index in [9.17, 15) is 4.79 Å². The third kappa shape index (κ3) is 4.85. The number of anilines is 1. The zero-order valence-electron chi connectivity index (χ0n) is 17.3. The highest BCUT2D eigenvalue weighted by Gasteiger charge is 2.16. The number of carbonyl (C=O) groups excluding carboxylic acids is 1. The Morgan fingerprint density at radius 2 is 1.70 bits per heavy atom. The lowest BCUT2D eigenvalue weighted by atomic mass is 10.2. The largest absolute Gasteiger partial charge is 0.497 e. The molecular formula is C21H24N4O4S. The SMILES string of the molecule is CCn1c(SCC(=O)Nc2ccc(OC)cc2OC)nnc1-c1ccc(OC)cc1. The van der Waals surface area contributed by atoms with Gasteiger partial charge in [0.15, 0.2) is 11.0 Å². The van der Waals surface area contributed by atoms with Gasteiger partial charge in [0, 0.05) is 18.2 Å². The van der Waals surface area contributed by atoms with E-state index in [2.05, 4.69) is 15.5 Å². The number of benzene rings is 2. The molecule has 8 nitrogen and oxygen atoms in total. The standard InChI is InChI=1S/C21H24N4O4S/c1-5-25-20(14-6-8-15(27-2)9-7-14)23-24-21(25)30-13-19(26)22-17-11-10-16(28-3)12-18(17)29-4/h6-12H,5,13H2,1-4H3,(H,22,26). The van der Waals surface area contributed by atoms with Gasteiger partial charge >= 0.3 is 0 Å². The van der Waals surface area contributed by atoms with Gasteiger partial charge in [0.25, 0.3) is 0 Å². The summed E-state index contributed by atoms with van der Waals surface area (Å²) in [7, 11) is 4.75. The molecule has 0 unspecified atom stereocenters. The Hall–Kier alpha value is -3.20. The maximum atomic E-state index is 12.5. The predicted molar refractivity (Wildman–Crippen MR) is 117 cm³/mol. The molecule has 1 aromatic heterocycles. The van der Waals surface area contributed by atoms with Gasteiger partial charge in [-0.25, -0.2) is 0 Å². The van der Waals surface area contributed by atoms with Gasteiger partial charge < -0.3 is 24.1 Å². The van der Waals surface area contributed by atoms with Gasteiger partial charge in [-0.15, -0.1) is 10.2 Å². The van der Waals surface area contributed by atoms with Crippen molar-refractivity contribution in [2.75, 3.05) is 32.4 Å². The van der Waals surface area contributed by atoms with Crippen molar-refractivity contribution in [3.63, 3.8) is 0 Å². The number of ether oxygens (including phenoxy) is 3. The van der Waals surface area contributed by atoms with Gasteiger partial charge in [0.2, 0.25) is 5.91 Å². The molecule has 0 atom stereocenters. The molecule has 3 rings (SSSR count). The highest BCUT2D eigenvalue weighted by molar-refractivity contribution is 7.99. The molecule has 0 fully saturated rings. The van der Waals surface area contributed by atoms with Gasteiger partial charge in [-0.1, -0.05) is 11.8 Å². The van der Waals surface area contributed by atoms with Crippen LogP contribution in [0.1, 0.15) is 6.92 Å². The maximum absolute atomic E-state index is 12.5. The minimum Gasteiger partial charge on any atom is -0.497 e. The van der Waals surface area contributed by atoms with Crippen LogP contribution in [-0.2, 0) is 11.3 Å². The smallest absolute Gasteiger partial charge is 0.234 e. The van der Waals surface area contributed by atoms with Crippen molar-refractivity contribution in [3.05, 3.63) is 42.5 Å². The van der Waals surface area contributed by atoms with Gasteiger partial charge in [0.05, 0.1) is 32.8 Å². The molecule has 3 aromatic rings. The van der Waals surface area contributed by atoms with Crippen molar-refractivity contribution in [2.45, 2.75) is 18.6 Å². The van der Waals surface area contributed by atoms with Crippen LogP contribution in [0.3, 0.4) is 0 Å². The highest BCUT2D eigenvalue weighted by Crippen LogP contribution is 2.30. The van der Waals surface area contributed by atoms with Crippen LogP contribution in [0.2, 0.25) is 0 Å². The van der Waals surface area contributed by atoms with E-state index in [-0.39, 0.29) is 11.7 Å². The van der Waals surface area contributed by atoms with E-state index in [1.165, 1.54) is 11.8 Å². The van der Waals surface area contributed by atoms with E-state index in [1.54, 1.807) is 39.5 Å². The molecule has 158 valence electrons. The van der Waals surface area contributed by atoms with Crippen LogP contribution in [0.25, 0.3) is 11.4 Å². The first-order valence-corrected chi connectivity index (χ1v) is 10.3. The van der Waals surface area contributed by atoms with Crippen molar-refractivity contribution in [2.24, 2.45) is 0 Å². The second kappa shape index (κ2) is 10.0.